The molecule has 0 rings (SSSR count). The van der Waals surface area contributed by atoms with Crippen LogP contribution in [0.15, 0.2) is 0 Å². The summed E-state index contributed by atoms with van der Waals surface area (Å²) in [6.07, 6.45) is -6.91. The van der Waals surface area contributed by atoms with Crippen LogP contribution in [0.25, 0.3) is 0 Å². The summed E-state index contributed by atoms with van der Waals surface area (Å²) in [7, 11) is 0. The molecule has 0 aromatic carbocycles. The van der Waals surface area contributed by atoms with Crippen LogP contribution in [0.5, 0.6) is 0 Å². The second-order valence-corrected chi connectivity index (χ2v) is 10.2. The Morgan fingerprint density at radius 1 is 0.605 bits per heavy atom. The van der Waals surface area contributed by atoms with E-state index in [4.69, 9.17) is 4.74 Å². The zero-order chi connectivity index (χ0) is 33.9. The van der Waals surface area contributed by atoms with Crippen molar-refractivity contribution in [2.45, 2.75) is 127 Å². The average molecular weight is 661 g/mol. The van der Waals surface area contributed by atoms with Crippen molar-refractivity contribution in [1.29, 1.82) is 0 Å². The van der Waals surface area contributed by atoms with E-state index in [0.717, 1.165) is 32.6 Å². The molecule has 0 N–H and O–H groups in total. The Balaban J connectivity index is 6.27. The quantitative estimate of drug-likeness (QED) is 0.0700. The largest absolute Gasteiger partial charge is 0.466 e. The van der Waals surface area contributed by atoms with Crippen LogP contribution in [-0.2, 0) is 19.1 Å². The predicted octanol–water partition coefficient (Wildman–Crippen LogP) is 9.39. The van der Waals surface area contributed by atoms with Crippen molar-refractivity contribution in [1.82, 2.24) is 0 Å². The second-order valence-electron chi connectivity index (χ2n) is 10.2. The molecule has 4 nitrogen and oxygen atoms in total. The van der Waals surface area contributed by atoms with Crippen LogP contribution in [0.4, 0.5) is 57.1 Å². The second kappa shape index (κ2) is 16.4. The highest BCUT2D eigenvalue weighted by atomic mass is 19.4. The smallest absolute Gasteiger partial charge is 0.460 e. The van der Waals surface area contributed by atoms with Gasteiger partial charge in [0.05, 0.1) is 19.1 Å². The highest BCUT2D eigenvalue weighted by Crippen LogP contribution is 2.61. The van der Waals surface area contributed by atoms with E-state index in [1.165, 1.54) is 6.92 Å². The van der Waals surface area contributed by atoms with Crippen LogP contribution < -0.4 is 0 Å². The number of carbonyl (C=O) groups is 2. The standard InChI is InChI=1S/C26H37F13O4/c1-4-7-8-9-10-11-12-17(13-14-19(40)42-5-2)15-18(20(41)43-6-3)16-21(27,28)22(29,30)23(31,32)24(33,34)25(35,36)26(37,38)39/h17-18H,4-16H2,1-3H3. The molecule has 0 aliphatic carbocycles. The Kier molecular flexibility index (Phi) is 15.6. The molecule has 0 heterocycles. The van der Waals surface area contributed by atoms with E-state index in [2.05, 4.69) is 4.74 Å². The molecule has 0 fully saturated rings. The maximum atomic E-state index is 14.7. The van der Waals surface area contributed by atoms with Crippen molar-refractivity contribution in [3.05, 3.63) is 0 Å². The Hall–Kier alpha value is -1.97. The van der Waals surface area contributed by atoms with Crippen molar-refractivity contribution >= 4 is 11.9 Å². The first kappa shape index (κ1) is 41.0. The summed E-state index contributed by atoms with van der Waals surface area (Å²) >= 11 is 0. The molecule has 2 atom stereocenters. The third-order valence-corrected chi connectivity index (χ3v) is 6.77. The lowest BCUT2D eigenvalue weighted by molar-refractivity contribution is -0.440. The van der Waals surface area contributed by atoms with Crippen molar-refractivity contribution < 1.29 is 76.1 Å². The van der Waals surface area contributed by atoms with Crippen molar-refractivity contribution in [2.24, 2.45) is 11.8 Å². The van der Waals surface area contributed by atoms with Gasteiger partial charge in [0.25, 0.3) is 0 Å². The molecule has 43 heavy (non-hydrogen) atoms. The minimum Gasteiger partial charge on any atom is -0.466 e. The molecule has 0 aliphatic heterocycles. The summed E-state index contributed by atoms with van der Waals surface area (Å²) in [6.45, 7) is 4.03. The predicted molar refractivity (Wildman–Crippen MR) is 127 cm³/mol. The fraction of sp³-hybridized carbons (Fsp3) is 0.923. The molecule has 0 saturated carbocycles. The van der Waals surface area contributed by atoms with E-state index < -0.39 is 79.0 Å². The van der Waals surface area contributed by atoms with Gasteiger partial charge in [0.2, 0.25) is 0 Å². The maximum absolute atomic E-state index is 14.7. The maximum Gasteiger partial charge on any atom is 0.460 e. The zero-order valence-electron chi connectivity index (χ0n) is 23.9. The molecule has 0 radical (unpaired) electrons. The lowest BCUT2D eigenvalue weighted by atomic mass is 9.82. The van der Waals surface area contributed by atoms with E-state index in [1.807, 2.05) is 6.92 Å². The van der Waals surface area contributed by atoms with E-state index in [0.29, 0.717) is 12.8 Å². The van der Waals surface area contributed by atoms with E-state index >= 15 is 0 Å². The molecule has 17 heteroatoms. The Bertz CT molecular complexity index is 860. The number of unbranched alkanes of at least 4 members (excludes halogenated alkanes) is 5. The molecular formula is C26H37F13O4. The van der Waals surface area contributed by atoms with E-state index in [9.17, 15) is 66.7 Å². The molecule has 0 saturated heterocycles. The lowest BCUT2D eigenvalue weighted by Crippen LogP contribution is -2.70. The van der Waals surface area contributed by atoms with Crippen LogP contribution in [0.1, 0.15) is 91.4 Å². The number of alkyl halides is 13. The number of ether oxygens (including phenoxy) is 2. The van der Waals surface area contributed by atoms with Gasteiger partial charge in [-0.1, -0.05) is 51.9 Å². The van der Waals surface area contributed by atoms with Gasteiger partial charge in [-0.25, -0.2) is 0 Å². The summed E-state index contributed by atoms with van der Waals surface area (Å²) in [4.78, 5) is 24.2. The summed E-state index contributed by atoms with van der Waals surface area (Å²) in [5.74, 6) is -43.4. The molecule has 0 spiro atoms. The first-order valence-corrected chi connectivity index (χ1v) is 13.8. The van der Waals surface area contributed by atoms with Gasteiger partial charge in [0.1, 0.15) is 0 Å². The Morgan fingerprint density at radius 3 is 1.58 bits per heavy atom. The van der Waals surface area contributed by atoms with Crippen LogP contribution in [0.2, 0.25) is 0 Å². The molecule has 0 bridgehead atoms. The summed E-state index contributed by atoms with van der Waals surface area (Å²) in [6, 6.07) is 0. The fourth-order valence-electron chi connectivity index (χ4n) is 4.31. The van der Waals surface area contributed by atoms with Gasteiger partial charge in [0, 0.05) is 12.8 Å². The molecule has 0 aromatic rings. The summed E-state index contributed by atoms with van der Waals surface area (Å²) in [5.41, 5.74) is 0. The Labute approximate surface area is 241 Å². The average Bonchev–Trinajstić information content (AvgIpc) is 2.87. The van der Waals surface area contributed by atoms with E-state index in [1.54, 1.807) is 0 Å². The summed E-state index contributed by atoms with van der Waals surface area (Å²) < 4.78 is 186. The topological polar surface area (TPSA) is 52.6 Å². The molecular weight excluding hydrogens is 623 g/mol. The zero-order valence-corrected chi connectivity index (χ0v) is 23.9. The van der Waals surface area contributed by atoms with Gasteiger partial charge in [-0.05, 0) is 32.6 Å². The molecule has 0 aromatic heterocycles. The van der Waals surface area contributed by atoms with Gasteiger partial charge in [-0.2, -0.15) is 57.1 Å². The third kappa shape index (κ3) is 10.3. The molecule has 2 unspecified atom stereocenters. The molecule has 0 aliphatic rings. The molecule has 0 amide bonds. The first-order valence-electron chi connectivity index (χ1n) is 13.8. The minimum absolute atomic E-state index is 0.0279. The number of esters is 2. The number of hydrogen-bond acceptors (Lipinski definition) is 4. The number of halogens is 13. The van der Waals surface area contributed by atoms with Crippen molar-refractivity contribution in [3.8, 4) is 0 Å². The van der Waals surface area contributed by atoms with E-state index in [-0.39, 0.29) is 25.9 Å². The van der Waals surface area contributed by atoms with Gasteiger partial charge in [-0.3, -0.25) is 9.59 Å². The van der Waals surface area contributed by atoms with Crippen LogP contribution in [0.3, 0.4) is 0 Å². The number of rotatable bonds is 21. The van der Waals surface area contributed by atoms with Gasteiger partial charge in [-0.15, -0.1) is 0 Å². The number of hydrogen-bond donors (Lipinski definition) is 0. The van der Waals surface area contributed by atoms with Crippen molar-refractivity contribution in [3.63, 3.8) is 0 Å². The lowest BCUT2D eigenvalue weighted by Gasteiger charge is -2.40. The highest BCUT2D eigenvalue weighted by molar-refractivity contribution is 5.72. The monoisotopic (exact) mass is 660 g/mol. The molecule has 256 valence electrons. The SMILES string of the molecule is CCCCCCCCC(CCC(=O)OCC)CC(CC(F)(F)C(F)(F)C(F)(F)C(F)(F)C(F)(F)C(F)(F)F)C(=O)OCC. The number of carbonyl (C=O) groups excluding carboxylic acids is 2. The van der Waals surface area contributed by atoms with Crippen LogP contribution in [-0.4, -0.2) is 60.9 Å². The normalized spacial score (nSPS) is 15.3. The van der Waals surface area contributed by atoms with Gasteiger partial charge in [0.15, 0.2) is 0 Å². The van der Waals surface area contributed by atoms with Crippen LogP contribution in [0, 0.1) is 11.8 Å². The van der Waals surface area contributed by atoms with Gasteiger partial charge < -0.3 is 9.47 Å². The van der Waals surface area contributed by atoms with Crippen molar-refractivity contribution in [2.75, 3.05) is 13.2 Å². The minimum atomic E-state index is -8.02. The highest BCUT2D eigenvalue weighted by Gasteiger charge is 2.90. The third-order valence-electron chi connectivity index (χ3n) is 6.77. The van der Waals surface area contributed by atoms with Gasteiger partial charge >= 0.3 is 47.7 Å². The summed E-state index contributed by atoms with van der Waals surface area (Å²) in [5, 5.41) is 0. The fourth-order valence-corrected chi connectivity index (χ4v) is 4.31. The van der Waals surface area contributed by atoms with Crippen LogP contribution >= 0.6 is 0 Å². The first-order chi connectivity index (χ1) is 19.5. The Morgan fingerprint density at radius 2 is 1.09 bits per heavy atom.